The molecule has 1 atom stereocenters. The molecule has 19 heavy (non-hydrogen) atoms. The molecule has 5 heteroatoms. The Balaban J connectivity index is 2.17. The molecular weight excluding hydrogens is 282 g/mol. The molecule has 100 valence electrons. The highest BCUT2D eigenvalue weighted by molar-refractivity contribution is 7.10. The van der Waals surface area contributed by atoms with Crippen LogP contribution in [0.1, 0.15) is 16.5 Å². The number of carbonyl (C=O) groups is 1. The van der Waals surface area contributed by atoms with Crippen LogP contribution in [0.5, 0.6) is 5.75 Å². The van der Waals surface area contributed by atoms with Crippen molar-refractivity contribution in [3.8, 4) is 5.75 Å². The van der Waals surface area contributed by atoms with Gasteiger partial charge in [-0.1, -0.05) is 17.7 Å². The SMILES string of the molecule is COc1ccc(Cl)cc1CC(=O)C(N)c1cccs1. The second-order valence-corrected chi connectivity index (χ2v) is 5.51. The monoisotopic (exact) mass is 295 g/mol. The molecule has 2 aromatic rings. The van der Waals surface area contributed by atoms with Crippen molar-refractivity contribution in [2.24, 2.45) is 5.73 Å². The minimum absolute atomic E-state index is 0.0528. The van der Waals surface area contributed by atoms with Gasteiger partial charge in [0.2, 0.25) is 0 Å². The maximum atomic E-state index is 12.2. The van der Waals surface area contributed by atoms with Gasteiger partial charge >= 0.3 is 0 Å². The molecule has 0 aliphatic heterocycles. The van der Waals surface area contributed by atoms with Crippen molar-refractivity contribution in [2.75, 3.05) is 7.11 Å². The van der Waals surface area contributed by atoms with Crippen molar-refractivity contribution >= 4 is 28.7 Å². The first kappa shape index (κ1) is 14.1. The molecule has 1 unspecified atom stereocenters. The minimum Gasteiger partial charge on any atom is -0.496 e. The smallest absolute Gasteiger partial charge is 0.159 e. The number of ketones is 1. The topological polar surface area (TPSA) is 52.3 Å². The molecule has 0 amide bonds. The lowest BCUT2D eigenvalue weighted by molar-refractivity contribution is -0.119. The van der Waals surface area contributed by atoms with E-state index >= 15 is 0 Å². The molecule has 1 aromatic carbocycles. The van der Waals surface area contributed by atoms with E-state index in [2.05, 4.69) is 0 Å². The summed E-state index contributed by atoms with van der Waals surface area (Å²) in [6, 6.07) is 8.37. The van der Waals surface area contributed by atoms with Crippen LogP contribution >= 0.6 is 22.9 Å². The summed E-state index contributed by atoms with van der Waals surface area (Å²) >= 11 is 7.42. The first-order valence-electron chi connectivity index (χ1n) is 5.76. The van der Waals surface area contributed by atoms with Crippen molar-refractivity contribution in [3.05, 3.63) is 51.2 Å². The zero-order valence-electron chi connectivity index (χ0n) is 10.4. The first-order valence-corrected chi connectivity index (χ1v) is 7.01. The van der Waals surface area contributed by atoms with Crippen molar-refractivity contribution in [2.45, 2.75) is 12.5 Å². The Morgan fingerprint density at radius 3 is 2.89 bits per heavy atom. The van der Waals surface area contributed by atoms with Gasteiger partial charge in [-0.05, 0) is 29.6 Å². The van der Waals surface area contributed by atoms with E-state index in [1.807, 2.05) is 17.5 Å². The molecule has 0 fully saturated rings. The Kier molecular flexibility index (Phi) is 4.58. The van der Waals surface area contributed by atoms with Crippen LogP contribution in [0.3, 0.4) is 0 Å². The lowest BCUT2D eigenvalue weighted by atomic mass is 10.0. The van der Waals surface area contributed by atoms with E-state index < -0.39 is 6.04 Å². The van der Waals surface area contributed by atoms with Crippen LogP contribution in [0.25, 0.3) is 0 Å². The van der Waals surface area contributed by atoms with Gasteiger partial charge in [-0.3, -0.25) is 4.79 Å². The maximum absolute atomic E-state index is 12.2. The van der Waals surface area contributed by atoms with Gasteiger partial charge in [-0.15, -0.1) is 11.3 Å². The highest BCUT2D eigenvalue weighted by atomic mass is 35.5. The van der Waals surface area contributed by atoms with Gasteiger partial charge in [0.1, 0.15) is 5.75 Å². The fraction of sp³-hybridized carbons (Fsp3) is 0.214. The number of benzene rings is 1. The molecule has 2 N–H and O–H groups in total. The summed E-state index contributed by atoms with van der Waals surface area (Å²) in [7, 11) is 1.57. The summed E-state index contributed by atoms with van der Waals surface area (Å²) in [5.74, 6) is 0.596. The molecule has 3 nitrogen and oxygen atoms in total. The summed E-state index contributed by atoms with van der Waals surface area (Å²) in [5, 5.41) is 2.48. The van der Waals surface area contributed by atoms with E-state index in [-0.39, 0.29) is 12.2 Å². The molecule has 0 aliphatic carbocycles. The van der Waals surface area contributed by atoms with E-state index in [9.17, 15) is 4.79 Å². The van der Waals surface area contributed by atoms with Gasteiger partial charge in [0, 0.05) is 21.9 Å². The number of Topliss-reactive ketones (excluding diaryl/α,β-unsaturated/α-hetero) is 1. The maximum Gasteiger partial charge on any atom is 0.159 e. The van der Waals surface area contributed by atoms with Crippen LogP contribution in [-0.4, -0.2) is 12.9 Å². The number of ether oxygens (including phenoxy) is 1. The lowest BCUT2D eigenvalue weighted by Crippen LogP contribution is -2.22. The van der Waals surface area contributed by atoms with Crippen molar-refractivity contribution < 1.29 is 9.53 Å². The van der Waals surface area contributed by atoms with Gasteiger partial charge in [0.25, 0.3) is 0 Å². The summed E-state index contributed by atoms with van der Waals surface area (Å²) in [4.78, 5) is 13.0. The summed E-state index contributed by atoms with van der Waals surface area (Å²) in [6.45, 7) is 0. The summed E-state index contributed by atoms with van der Waals surface area (Å²) < 4.78 is 5.22. The quantitative estimate of drug-likeness (QED) is 0.921. The van der Waals surface area contributed by atoms with E-state index in [1.54, 1.807) is 25.3 Å². The Morgan fingerprint density at radius 2 is 2.26 bits per heavy atom. The average molecular weight is 296 g/mol. The molecule has 0 aliphatic rings. The number of nitrogens with two attached hydrogens (primary N) is 1. The van der Waals surface area contributed by atoms with Crippen LogP contribution in [0.2, 0.25) is 5.02 Å². The van der Waals surface area contributed by atoms with Crippen molar-refractivity contribution in [1.82, 2.24) is 0 Å². The van der Waals surface area contributed by atoms with Crippen LogP contribution in [0.15, 0.2) is 35.7 Å². The zero-order valence-corrected chi connectivity index (χ0v) is 12.0. The highest BCUT2D eigenvalue weighted by Crippen LogP contribution is 2.25. The third-order valence-corrected chi connectivity index (χ3v) is 3.99. The zero-order chi connectivity index (χ0) is 13.8. The Bertz CT molecular complexity index is 569. The predicted octanol–water partition coefficient (Wildman–Crippen LogP) is 3.22. The number of thiophene rings is 1. The molecule has 1 aromatic heterocycles. The summed E-state index contributed by atoms with van der Waals surface area (Å²) in [5.41, 5.74) is 6.70. The fourth-order valence-electron chi connectivity index (χ4n) is 1.81. The van der Waals surface area contributed by atoms with Crippen molar-refractivity contribution in [1.29, 1.82) is 0 Å². The fourth-order valence-corrected chi connectivity index (χ4v) is 2.75. The van der Waals surface area contributed by atoms with E-state index in [0.717, 1.165) is 10.4 Å². The first-order chi connectivity index (χ1) is 9.11. The standard InChI is InChI=1S/C14H14ClNO2S/c1-18-12-5-4-10(15)7-9(12)8-11(17)14(16)13-3-2-6-19-13/h2-7,14H,8,16H2,1H3. The Morgan fingerprint density at radius 1 is 1.47 bits per heavy atom. The second kappa shape index (κ2) is 6.19. The highest BCUT2D eigenvalue weighted by Gasteiger charge is 2.18. The molecule has 0 saturated heterocycles. The number of rotatable bonds is 5. The van der Waals surface area contributed by atoms with E-state index in [0.29, 0.717) is 10.8 Å². The minimum atomic E-state index is -0.594. The Hall–Kier alpha value is -1.36. The van der Waals surface area contributed by atoms with Gasteiger partial charge < -0.3 is 10.5 Å². The number of hydrogen-bond donors (Lipinski definition) is 1. The van der Waals surface area contributed by atoms with Crippen LogP contribution in [-0.2, 0) is 11.2 Å². The van der Waals surface area contributed by atoms with Crippen LogP contribution in [0.4, 0.5) is 0 Å². The van der Waals surface area contributed by atoms with E-state index in [4.69, 9.17) is 22.1 Å². The van der Waals surface area contributed by atoms with Crippen LogP contribution in [0, 0.1) is 0 Å². The Labute approximate surface area is 121 Å². The van der Waals surface area contributed by atoms with Crippen molar-refractivity contribution in [3.63, 3.8) is 0 Å². The molecule has 0 spiro atoms. The second-order valence-electron chi connectivity index (χ2n) is 4.09. The van der Waals surface area contributed by atoms with Gasteiger partial charge in [-0.25, -0.2) is 0 Å². The van der Waals surface area contributed by atoms with Crippen LogP contribution < -0.4 is 10.5 Å². The molecule has 1 heterocycles. The number of halogens is 1. The summed E-state index contributed by atoms with van der Waals surface area (Å²) in [6.07, 6.45) is 0.211. The number of carbonyl (C=O) groups excluding carboxylic acids is 1. The molecule has 0 bridgehead atoms. The third-order valence-electron chi connectivity index (χ3n) is 2.80. The average Bonchev–Trinajstić information content (AvgIpc) is 2.92. The normalized spacial score (nSPS) is 12.2. The molecule has 0 saturated carbocycles. The van der Waals surface area contributed by atoms with Gasteiger partial charge in [0.05, 0.1) is 13.2 Å². The number of methoxy groups -OCH3 is 1. The van der Waals surface area contributed by atoms with Gasteiger partial charge in [-0.2, -0.15) is 0 Å². The largest absolute Gasteiger partial charge is 0.496 e. The molecule has 2 rings (SSSR count). The van der Waals surface area contributed by atoms with E-state index in [1.165, 1.54) is 11.3 Å². The predicted molar refractivity (Wildman–Crippen MR) is 78.0 cm³/mol. The number of hydrogen-bond acceptors (Lipinski definition) is 4. The third kappa shape index (κ3) is 3.35. The lowest BCUT2D eigenvalue weighted by Gasteiger charge is -2.11. The molecule has 0 radical (unpaired) electrons. The molecular formula is C14H14ClNO2S. The van der Waals surface area contributed by atoms with Gasteiger partial charge in [0.15, 0.2) is 5.78 Å².